The number of carbonyl (C=O) groups is 1. The summed E-state index contributed by atoms with van der Waals surface area (Å²) in [5, 5.41) is 0.669. The van der Waals surface area contributed by atoms with E-state index < -0.39 is 26.0 Å². The molecule has 0 aromatic heterocycles. The molecular formula is C11H13Cl2O6P. The molecule has 0 spiro atoms. The van der Waals surface area contributed by atoms with Gasteiger partial charge in [-0.25, -0.2) is 4.79 Å². The van der Waals surface area contributed by atoms with Crippen LogP contribution in [0.1, 0.15) is 6.92 Å². The SMILES string of the molecule is COP(=O)(O)[C@@H](C)OC(=O)COc1ccc(Cl)cc1Cl. The van der Waals surface area contributed by atoms with Crippen LogP contribution in [0.15, 0.2) is 18.2 Å². The predicted octanol–water partition coefficient (Wildman–Crippen LogP) is 3.09. The highest BCUT2D eigenvalue weighted by Crippen LogP contribution is 2.46. The van der Waals surface area contributed by atoms with Crippen molar-refractivity contribution >= 4 is 36.8 Å². The van der Waals surface area contributed by atoms with E-state index in [4.69, 9.17) is 32.7 Å². The summed E-state index contributed by atoms with van der Waals surface area (Å²) in [6, 6.07) is 4.50. The molecule has 0 bridgehead atoms. The van der Waals surface area contributed by atoms with E-state index in [1.165, 1.54) is 19.1 Å². The van der Waals surface area contributed by atoms with Crippen molar-refractivity contribution in [3.05, 3.63) is 28.2 Å². The summed E-state index contributed by atoms with van der Waals surface area (Å²) >= 11 is 11.6. The maximum atomic E-state index is 11.5. The Labute approximate surface area is 126 Å². The van der Waals surface area contributed by atoms with E-state index in [9.17, 15) is 14.3 Å². The minimum Gasteiger partial charge on any atom is -0.480 e. The smallest absolute Gasteiger partial charge is 0.367 e. The van der Waals surface area contributed by atoms with E-state index in [1.54, 1.807) is 6.07 Å². The first-order chi connectivity index (χ1) is 9.26. The van der Waals surface area contributed by atoms with Gasteiger partial charge in [0, 0.05) is 12.1 Å². The standard InChI is InChI=1S/C11H13Cl2O6P/c1-7(20(15,16)17-2)19-11(14)6-18-10-4-3-8(12)5-9(10)13/h3-5,7H,6H2,1-2H3,(H,15,16)/t7-/m0/s1. The molecule has 0 saturated carbocycles. The van der Waals surface area contributed by atoms with Crippen molar-refractivity contribution in [1.82, 2.24) is 0 Å². The molecule has 0 amide bonds. The van der Waals surface area contributed by atoms with Crippen molar-refractivity contribution in [2.24, 2.45) is 0 Å². The molecule has 1 unspecified atom stereocenters. The van der Waals surface area contributed by atoms with Gasteiger partial charge in [0.05, 0.1) is 5.02 Å². The number of esters is 1. The summed E-state index contributed by atoms with van der Waals surface area (Å²) in [4.78, 5) is 20.7. The molecule has 112 valence electrons. The van der Waals surface area contributed by atoms with E-state index in [-0.39, 0.29) is 10.8 Å². The predicted molar refractivity (Wildman–Crippen MR) is 74.3 cm³/mol. The van der Waals surface area contributed by atoms with Gasteiger partial charge >= 0.3 is 13.6 Å². The van der Waals surface area contributed by atoms with E-state index in [0.717, 1.165) is 7.11 Å². The Morgan fingerprint density at radius 3 is 2.65 bits per heavy atom. The van der Waals surface area contributed by atoms with Crippen LogP contribution < -0.4 is 4.74 Å². The molecule has 2 atom stereocenters. The van der Waals surface area contributed by atoms with Crippen LogP contribution in [0.4, 0.5) is 0 Å². The van der Waals surface area contributed by atoms with Gasteiger partial charge in [0.15, 0.2) is 12.5 Å². The summed E-state index contributed by atoms with van der Waals surface area (Å²) in [5.41, 5.74) is 0. The van der Waals surface area contributed by atoms with Crippen molar-refractivity contribution in [3.63, 3.8) is 0 Å². The van der Waals surface area contributed by atoms with Crippen LogP contribution in [0.2, 0.25) is 10.0 Å². The Morgan fingerprint density at radius 2 is 2.10 bits per heavy atom. The lowest BCUT2D eigenvalue weighted by Crippen LogP contribution is -2.21. The normalized spacial score (nSPS) is 15.2. The molecule has 0 fully saturated rings. The van der Waals surface area contributed by atoms with E-state index in [0.29, 0.717) is 5.02 Å². The molecule has 1 aromatic rings. The van der Waals surface area contributed by atoms with Crippen LogP contribution in [0.3, 0.4) is 0 Å². The zero-order chi connectivity index (χ0) is 15.3. The van der Waals surface area contributed by atoms with Crippen molar-refractivity contribution in [2.75, 3.05) is 13.7 Å². The van der Waals surface area contributed by atoms with Gasteiger partial charge in [0.2, 0.25) is 0 Å². The molecule has 9 heteroatoms. The first kappa shape index (κ1) is 17.3. The second-order valence-electron chi connectivity index (χ2n) is 3.70. The van der Waals surface area contributed by atoms with Crippen LogP contribution in [-0.4, -0.2) is 30.4 Å². The molecule has 1 rings (SSSR count). The fourth-order valence-corrected chi connectivity index (χ4v) is 2.18. The van der Waals surface area contributed by atoms with Gasteiger partial charge in [-0.2, -0.15) is 0 Å². The molecule has 0 aliphatic rings. The average molecular weight is 343 g/mol. The molecule has 0 saturated heterocycles. The van der Waals surface area contributed by atoms with E-state index in [2.05, 4.69) is 4.52 Å². The quantitative estimate of drug-likeness (QED) is 0.631. The highest BCUT2D eigenvalue weighted by atomic mass is 35.5. The Hall–Kier alpha value is -0.780. The summed E-state index contributed by atoms with van der Waals surface area (Å²) in [5.74, 6) is -1.86. The number of carbonyl (C=O) groups excluding carboxylic acids is 1. The number of rotatable bonds is 6. The van der Waals surface area contributed by atoms with Crippen LogP contribution in [0.25, 0.3) is 0 Å². The van der Waals surface area contributed by atoms with Crippen LogP contribution in [-0.2, 0) is 18.6 Å². The Bertz CT molecular complexity index is 536. The molecule has 20 heavy (non-hydrogen) atoms. The first-order valence-corrected chi connectivity index (χ1v) is 7.82. The third-order valence-corrected chi connectivity index (χ3v) is 4.34. The zero-order valence-corrected chi connectivity index (χ0v) is 13.1. The van der Waals surface area contributed by atoms with Gasteiger partial charge in [-0.05, 0) is 25.1 Å². The van der Waals surface area contributed by atoms with Crippen LogP contribution >= 0.6 is 30.8 Å². The van der Waals surface area contributed by atoms with Gasteiger partial charge in [0.1, 0.15) is 5.75 Å². The lowest BCUT2D eigenvalue weighted by atomic mass is 10.3. The maximum Gasteiger partial charge on any atom is 0.367 e. The highest BCUT2D eigenvalue weighted by Gasteiger charge is 2.30. The topological polar surface area (TPSA) is 82.1 Å². The molecule has 1 N–H and O–H groups in total. The van der Waals surface area contributed by atoms with E-state index in [1.807, 2.05) is 0 Å². The van der Waals surface area contributed by atoms with Crippen molar-refractivity contribution < 1.29 is 28.3 Å². The summed E-state index contributed by atoms with van der Waals surface area (Å²) in [6.07, 6.45) is 0. The monoisotopic (exact) mass is 342 g/mol. The largest absolute Gasteiger partial charge is 0.480 e. The zero-order valence-electron chi connectivity index (χ0n) is 10.7. The minimum atomic E-state index is -3.97. The van der Waals surface area contributed by atoms with Crippen molar-refractivity contribution in [2.45, 2.75) is 12.8 Å². The van der Waals surface area contributed by atoms with Crippen LogP contribution in [0.5, 0.6) is 5.75 Å². The maximum absolute atomic E-state index is 11.5. The summed E-state index contributed by atoms with van der Waals surface area (Å²) in [7, 11) is -2.92. The summed E-state index contributed by atoms with van der Waals surface area (Å²) in [6.45, 7) is 0.785. The lowest BCUT2D eigenvalue weighted by Gasteiger charge is -2.17. The van der Waals surface area contributed by atoms with Gasteiger partial charge < -0.3 is 18.9 Å². The minimum absolute atomic E-state index is 0.239. The first-order valence-electron chi connectivity index (χ1n) is 5.42. The van der Waals surface area contributed by atoms with Gasteiger partial charge in [0.25, 0.3) is 0 Å². The average Bonchev–Trinajstić information content (AvgIpc) is 2.37. The number of hydrogen-bond donors (Lipinski definition) is 1. The molecule has 0 radical (unpaired) electrons. The molecule has 0 aliphatic carbocycles. The molecule has 6 nitrogen and oxygen atoms in total. The Kier molecular flexibility index (Phi) is 6.30. The third-order valence-electron chi connectivity index (χ3n) is 2.26. The number of hydrogen-bond acceptors (Lipinski definition) is 5. The molecule has 1 aromatic carbocycles. The molecular weight excluding hydrogens is 330 g/mol. The fourth-order valence-electron chi connectivity index (χ4n) is 1.17. The van der Waals surface area contributed by atoms with Gasteiger partial charge in [-0.3, -0.25) is 4.57 Å². The number of benzene rings is 1. The number of ether oxygens (including phenoxy) is 2. The fraction of sp³-hybridized carbons (Fsp3) is 0.364. The molecule has 0 aliphatic heterocycles. The highest BCUT2D eigenvalue weighted by molar-refractivity contribution is 7.53. The van der Waals surface area contributed by atoms with Gasteiger partial charge in [-0.15, -0.1) is 0 Å². The third kappa shape index (κ3) is 4.96. The molecule has 0 heterocycles. The summed E-state index contributed by atoms with van der Waals surface area (Å²) < 4.78 is 25.6. The van der Waals surface area contributed by atoms with Crippen molar-refractivity contribution in [1.29, 1.82) is 0 Å². The second-order valence-corrected chi connectivity index (χ2v) is 6.76. The van der Waals surface area contributed by atoms with Crippen molar-refractivity contribution in [3.8, 4) is 5.75 Å². The lowest BCUT2D eigenvalue weighted by molar-refractivity contribution is -0.148. The number of halogens is 2. The van der Waals surface area contributed by atoms with Gasteiger partial charge in [-0.1, -0.05) is 23.2 Å². The Balaban J connectivity index is 2.54. The van der Waals surface area contributed by atoms with E-state index >= 15 is 0 Å². The second kappa shape index (κ2) is 7.29. The van der Waals surface area contributed by atoms with Crippen LogP contribution in [0, 0.1) is 0 Å². The Morgan fingerprint density at radius 1 is 1.45 bits per heavy atom.